The number of ether oxygens (including phenoxy) is 3. The highest BCUT2D eigenvalue weighted by Crippen LogP contribution is 2.31. The van der Waals surface area contributed by atoms with Crippen LogP contribution in [0.15, 0.2) is 48.5 Å². The van der Waals surface area contributed by atoms with Crippen LogP contribution in [0.3, 0.4) is 0 Å². The Balaban J connectivity index is 1.34. The van der Waals surface area contributed by atoms with Crippen LogP contribution in [0.4, 0.5) is 0 Å². The number of aromatic amines is 1. The SMILES string of the molecule is CCN(CC1COc2ccccc2O1)C(=O)COC(=O)c1n[nH]c2ccccc12. The number of amides is 1. The minimum Gasteiger partial charge on any atom is -0.486 e. The molecule has 8 heteroatoms. The monoisotopic (exact) mass is 395 g/mol. The van der Waals surface area contributed by atoms with E-state index in [4.69, 9.17) is 14.2 Å². The topological polar surface area (TPSA) is 93.8 Å². The van der Waals surface area contributed by atoms with E-state index in [0.29, 0.717) is 36.6 Å². The third-order valence-corrected chi connectivity index (χ3v) is 4.72. The van der Waals surface area contributed by atoms with Gasteiger partial charge in [-0.3, -0.25) is 9.89 Å². The van der Waals surface area contributed by atoms with Crippen molar-refractivity contribution in [1.29, 1.82) is 0 Å². The summed E-state index contributed by atoms with van der Waals surface area (Å²) in [4.78, 5) is 26.5. The maximum atomic E-state index is 12.6. The summed E-state index contributed by atoms with van der Waals surface area (Å²) < 4.78 is 16.8. The average molecular weight is 395 g/mol. The van der Waals surface area contributed by atoms with Gasteiger partial charge in [0.1, 0.15) is 6.61 Å². The van der Waals surface area contributed by atoms with E-state index in [1.54, 1.807) is 11.0 Å². The summed E-state index contributed by atoms with van der Waals surface area (Å²) in [6.45, 7) is 2.65. The lowest BCUT2D eigenvalue weighted by atomic mass is 10.2. The molecule has 1 aliphatic rings. The molecule has 3 aromatic rings. The van der Waals surface area contributed by atoms with Crippen molar-refractivity contribution in [2.45, 2.75) is 13.0 Å². The zero-order valence-corrected chi connectivity index (χ0v) is 16.0. The molecule has 1 atom stereocenters. The van der Waals surface area contributed by atoms with Gasteiger partial charge in [0.05, 0.1) is 12.1 Å². The first-order chi connectivity index (χ1) is 14.2. The highest BCUT2D eigenvalue weighted by atomic mass is 16.6. The molecule has 1 aromatic heterocycles. The molecule has 2 heterocycles. The number of nitrogens with zero attached hydrogens (tertiary/aromatic N) is 2. The molecule has 150 valence electrons. The quantitative estimate of drug-likeness (QED) is 0.644. The Morgan fingerprint density at radius 1 is 1.17 bits per heavy atom. The lowest BCUT2D eigenvalue weighted by Gasteiger charge is -2.30. The minimum absolute atomic E-state index is 0.164. The summed E-state index contributed by atoms with van der Waals surface area (Å²) >= 11 is 0. The van der Waals surface area contributed by atoms with Crippen LogP contribution in [0, 0.1) is 0 Å². The number of carbonyl (C=O) groups is 2. The third-order valence-electron chi connectivity index (χ3n) is 4.72. The fourth-order valence-corrected chi connectivity index (χ4v) is 3.21. The number of aromatic nitrogens is 2. The van der Waals surface area contributed by atoms with E-state index in [2.05, 4.69) is 10.2 Å². The van der Waals surface area contributed by atoms with Gasteiger partial charge in [-0.05, 0) is 25.1 Å². The number of hydrogen-bond acceptors (Lipinski definition) is 6. The van der Waals surface area contributed by atoms with Gasteiger partial charge in [-0.2, -0.15) is 5.10 Å². The zero-order valence-electron chi connectivity index (χ0n) is 16.0. The van der Waals surface area contributed by atoms with Crippen molar-refractivity contribution >= 4 is 22.8 Å². The minimum atomic E-state index is -0.641. The Hall–Kier alpha value is -3.55. The van der Waals surface area contributed by atoms with Gasteiger partial charge in [0.25, 0.3) is 5.91 Å². The maximum absolute atomic E-state index is 12.6. The van der Waals surface area contributed by atoms with Crippen LogP contribution >= 0.6 is 0 Å². The molecule has 1 N–H and O–H groups in total. The van der Waals surface area contributed by atoms with Gasteiger partial charge < -0.3 is 19.1 Å². The van der Waals surface area contributed by atoms with Gasteiger partial charge in [0.2, 0.25) is 0 Å². The van der Waals surface area contributed by atoms with E-state index in [0.717, 1.165) is 5.52 Å². The number of likely N-dealkylation sites (N-methyl/N-ethyl adjacent to an activating group) is 1. The standard InChI is InChI=1S/C21H21N3O5/c1-2-24(11-14-12-27-17-9-5-6-10-18(17)29-14)19(25)13-28-21(26)20-15-7-3-4-8-16(15)22-23-20/h3-10,14H,2,11-13H2,1H3,(H,22,23). The predicted molar refractivity (Wildman–Crippen MR) is 105 cm³/mol. The lowest BCUT2D eigenvalue weighted by Crippen LogP contribution is -2.45. The lowest BCUT2D eigenvalue weighted by molar-refractivity contribution is -0.135. The van der Waals surface area contributed by atoms with Crippen molar-refractivity contribution in [2.75, 3.05) is 26.3 Å². The van der Waals surface area contributed by atoms with E-state index < -0.39 is 5.97 Å². The highest BCUT2D eigenvalue weighted by molar-refractivity contribution is 6.02. The van der Waals surface area contributed by atoms with Gasteiger partial charge in [0, 0.05) is 11.9 Å². The number of hydrogen-bond donors (Lipinski definition) is 1. The molecule has 1 amide bonds. The molecule has 4 rings (SSSR count). The second kappa shape index (κ2) is 8.22. The summed E-state index contributed by atoms with van der Waals surface area (Å²) in [6, 6.07) is 14.6. The van der Waals surface area contributed by atoms with Crippen molar-refractivity contribution in [3.8, 4) is 11.5 Å². The fraction of sp³-hybridized carbons (Fsp3) is 0.286. The maximum Gasteiger partial charge on any atom is 0.359 e. The number of rotatable bonds is 6. The van der Waals surface area contributed by atoms with Crippen molar-refractivity contribution < 1.29 is 23.8 Å². The fourth-order valence-electron chi connectivity index (χ4n) is 3.21. The smallest absolute Gasteiger partial charge is 0.359 e. The number of H-pyrrole nitrogens is 1. The molecule has 0 fully saturated rings. The molecule has 2 aromatic carbocycles. The molecule has 0 saturated carbocycles. The van der Waals surface area contributed by atoms with E-state index in [-0.39, 0.29) is 24.3 Å². The van der Waals surface area contributed by atoms with E-state index in [1.807, 2.05) is 49.4 Å². The van der Waals surface area contributed by atoms with Gasteiger partial charge in [-0.15, -0.1) is 0 Å². The molecular formula is C21H21N3O5. The highest BCUT2D eigenvalue weighted by Gasteiger charge is 2.25. The summed E-state index contributed by atoms with van der Waals surface area (Å²) in [5.74, 6) is 0.406. The Kier molecular flexibility index (Phi) is 5.33. The molecule has 0 spiro atoms. The second-order valence-electron chi connectivity index (χ2n) is 6.62. The van der Waals surface area contributed by atoms with E-state index in [9.17, 15) is 9.59 Å². The molecule has 29 heavy (non-hydrogen) atoms. The van der Waals surface area contributed by atoms with Gasteiger partial charge in [0.15, 0.2) is 29.9 Å². The molecule has 0 saturated heterocycles. The second-order valence-corrected chi connectivity index (χ2v) is 6.62. The number of carbonyl (C=O) groups excluding carboxylic acids is 2. The first-order valence-corrected chi connectivity index (χ1v) is 9.42. The Morgan fingerprint density at radius 3 is 2.76 bits per heavy atom. The Bertz CT molecular complexity index is 1030. The van der Waals surface area contributed by atoms with Gasteiger partial charge in [-0.1, -0.05) is 30.3 Å². The molecular weight excluding hydrogens is 374 g/mol. The van der Waals surface area contributed by atoms with Crippen LogP contribution in [0.5, 0.6) is 11.5 Å². The molecule has 0 aliphatic carbocycles. The molecule has 0 bridgehead atoms. The third kappa shape index (κ3) is 4.01. The largest absolute Gasteiger partial charge is 0.486 e. The summed E-state index contributed by atoms with van der Waals surface area (Å²) in [7, 11) is 0. The Morgan fingerprint density at radius 2 is 1.93 bits per heavy atom. The predicted octanol–water partition coefficient (Wildman–Crippen LogP) is 2.41. The first kappa shape index (κ1) is 18.8. The van der Waals surface area contributed by atoms with Crippen LogP contribution < -0.4 is 9.47 Å². The first-order valence-electron chi connectivity index (χ1n) is 9.42. The molecule has 8 nitrogen and oxygen atoms in total. The molecule has 1 aliphatic heterocycles. The molecule has 0 radical (unpaired) electrons. The van der Waals surface area contributed by atoms with Gasteiger partial charge >= 0.3 is 5.97 Å². The zero-order chi connectivity index (χ0) is 20.2. The van der Waals surface area contributed by atoms with Gasteiger partial charge in [-0.25, -0.2) is 4.79 Å². The van der Waals surface area contributed by atoms with Crippen molar-refractivity contribution in [3.63, 3.8) is 0 Å². The van der Waals surface area contributed by atoms with Crippen LogP contribution in [-0.2, 0) is 9.53 Å². The normalized spacial score (nSPS) is 15.1. The van der Waals surface area contributed by atoms with E-state index in [1.165, 1.54) is 0 Å². The number of esters is 1. The van der Waals surface area contributed by atoms with Crippen molar-refractivity contribution in [3.05, 3.63) is 54.2 Å². The summed E-state index contributed by atoms with van der Waals surface area (Å²) in [6.07, 6.45) is -0.292. The van der Waals surface area contributed by atoms with Crippen LogP contribution in [0.25, 0.3) is 10.9 Å². The number of fused-ring (bicyclic) bond motifs is 2. The van der Waals surface area contributed by atoms with Crippen LogP contribution in [0.1, 0.15) is 17.4 Å². The van der Waals surface area contributed by atoms with Crippen LogP contribution in [0.2, 0.25) is 0 Å². The molecule has 1 unspecified atom stereocenters. The summed E-state index contributed by atoms with van der Waals surface area (Å²) in [5, 5.41) is 7.42. The van der Waals surface area contributed by atoms with Crippen molar-refractivity contribution in [2.24, 2.45) is 0 Å². The van der Waals surface area contributed by atoms with Crippen LogP contribution in [-0.4, -0.2) is 59.4 Å². The van der Waals surface area contributed by atoms with E-state index >= 15 is 0 Å². The number of nitrogens with one attached hydrogen (secondary N) is 1. The average Bonchev–Trinajstić information content (AvgIpc) is 3.19. The number of para-hydroxylation sites is 3. The Labute approximate surface area is 167 Å². The number of benzene rings is 2. The van der Waals surface area contributed by atoms with Crippen molar-refractivity contribution in [1.82, 2.24) is 15.1 Å². The summed E-state index contributed by atoms with van der Waals surface area (Å²) in [5.41, 5.74) is 0.896.